The van der Waals surface area contributed by atoms with E-state index in [-0.39, 0.29) is 15.5 Å². The van der Waals surface area contributed by atoms with Gasteiger partial charge in [-0.3, -0.25) is 4.79 Å². The molecule has 25 heavy (non-hydrogen) atoms. The summed E-state index contributed by atoms with van der Waals surface area (Å²) >= 11 is 5.78. The van der Waals surface area contributed by atoms with Crippen molar-refractivity contribution in [2.45, 2.75) is 48.8 Å². The number of hydrogen-bond acceptors (Lipinski definition) is 4. The molecule has 0 aliphatic rings. The van der Waals surface area contributed by atoms with Gasteiger partial charge in [0, 0.05) is 11.3 Å². The van der Waals surface area contributed by atoms with Crippen molar-refractivity contribution in [3.8, 4) is 0 Å². The molecule has 2 N–H and O–H groups in total. The van der Waals surface area contributed by atoms with Gasteiger partial charge in [-0.1, -0.05) is 31.5 Å². The van der Waals surface area contributed by atoms with Crippen molar-refractivity contribution in [1.82, 2.24) is 0 Å². The van der Waals surface area contributed by atoms with Crippen molar-refractivity contribution >= 4 is 27.4 Å². The third-order valence-electron chi connectivity index (χ3n) is 3.78. The number of sulfone groups is 1. The summed E-state index contributed by atoms with van der Waals surface area (Å²) in [5, 5.41) is 18.8. The molecular weight excluding hydrogens is 385 g/mol. The highest BCUT2D eigenvalue weighted by Gasteiger charge is 2.57. The lowest BCUT2D eigenvalue weighted by atomic mass is 9.74. The van der Waals surface area contributed by atoms with Crippen LogP contribution in [0.5, 0.6) is 0 Å². The third-order valence-corrected chi connectivity index (χ3v) is 5.15. The summed E-state index contributed by atoms with van der Waals surface area (Å²) < 4.78 is 63.7. The number of rotatable bonds is 6. The van der Waals surface area contributed by atoms with Crippen molar-refractivity contribution < 1.29 is 36.6 Å². The second kappa shape index (κ2) is 6.77. The Bertz CT molecular complexity index is 774. The van der Waals surface area contributed by atoms with Gasteiger partial charge in [-0.25, -0.2) is 8.42 Å². The van der Waals surface area contributed by atoms with Crippen LogP contribution in [0.25, 0.3) is 0 Å². The molecule has 0 unspecified atom stereocenters. The number of benzene rings is 1. The number of carbonyl (C=O) groups is 1. The highest BCUT2D eigenvalue weighted by atomic mass is 35.5. The molecular formula is C15H18ClF3O5S. The summed E-state index contributed by atoms with van der Waals surface area (Å²) in [7, 11) is -3.82. The van der Waals surface area contributed by atoms with Crippen LogP contribution >= 0.6 is 11.6 Å². The Hall–Kier alpha value is -1.32. The van der Waals surface area contributed by atoms with E-state index in [1.165, 1.54) is 26.0 Å². The van der Waals surface area contributed by atoms with Crippen LogP contribution in [0.3, 0.4) is 0 Å². The van der Waals surface area contributed by atoms with Gasteiger partial charge in [0.05, 0.1) is 11.3 Å². The Morgan fingerprint density at radius 1 is 1.24 bits per heavy atom. The lowest BCUT2D eigenvalue weighted by Gasteiger charge is -2.37. The molecule has 0 fully saturated rings. The van der Waals surface area contributed by atoms with Gasteiger partial charge in [0.15, 0.2) is 15.4 Å². The first kappa shape index (κ1) is 21.7. The summed E-state index contributed by atoms with van der Waals surface area (Å²) in [6, 6.07) is 3.69. The van der Waals surface area contributed by atoms with E-state index in [2.05, 4.69) is 0 Å². The highest BCUT2D eigenvalue weighted by molar-refractivity contribution is 7.90. The minimum Gasteiger partial charge on any atom is -0.481 e. The molecule has 10 heteroatoms. The van der Waals surface area contributed by atoms with Crippen molar-refractivity contribution in [3.05, 3.63) is 28.8 Å². The van der Waals surface area contributed by atoms with Gasteiger partial charge in [0.2, 0.25) is 0 Å². The van der Waals surface area contributed by atoms with Crippen LogP contribution < -0.4 is 0 Å². The summed E-state index contributed by atoms with van der Waals surface area (Å²) in [5.74, 6) is -1.82. The molecule has 0 heterocycles. The molecule has 1 rings (SSSR count). The van der Waals surface area contributed by atoms with Crippen molar-refractivity contribution in [2.24, 2.45) is 0 Å². The van der Waals surface area contributed by atoms with E-state index in [4.69, 9.17) is 16.7 Å². The van der Waals surface area contributed by atoms with E-state index in [1.54, 1.807) is 0 Å². The van der Waals surface area contributed by atoms with E-state index in [1.807, 2.05) is 0 Å². The number of carboxylic acids is 1. The van der Waals surface area contributed by atoms with Gasteiger partial charge in [-0.15, -0.1) is 0 Å². The Morgan fingerprint density at radius 2 is 1.76 bits per heavy atom. The fourth-order valence-electron chi connectivity index (χ4n) is 2.70. The van der Waals surface area contributed by atoms with E-state index >= 15 is 0 Å². The van der Waals surface area contributed by atoms with E-state index in [0.717, 1.165) is 12.3 Å². The summed E-state index contributed by atoms with van der Waals surface area (Å²) in [5.41, 5.74) is -5.02. The lowest BCUT2D eigenvalue weighted by molar-refractivity contribution is -0.269. The van der Waals surface area contributed by atoms with Crippen LogP contribution in [-0.4, -0.2) is 42.6 Å². The molecule has 0 aliphatic heterocycles. The quantitative estimate of drug-likeness (QED) is 0.762. The molecule has 1 atom stereocenters. The Labute approximate surface area is 148 Å². The topological polar surface area (TPSA) is 91.7 Å². The molecule has 0 amide bonds. The maximum Gasteiger partial charge on any atom is 0.417 e. The predicted octanol–water partition coefficient (Wildman–Crippen LogP) is 3.18. The zero-order valence-corrected chi connectivity index (χ0v) is 15.3. The molecule has 142 valence electrons. The predicted molar refractivity (Wildman–Crippen MR) is 85.5 cm³/mol. The fraction of sp³-hybridized carbons (Fsp3) is 0.533. The van der Waals surface area contributed by atoms with Gasteiger partial charge in [-0.05, 0) is 29.5 Å². The largest absolute Gasteiger partial charge is 0.481 e. The Balaban J connectivity index is 3.49. The molecule has 0 spiro atoms. The van der Waals surface area contributed by atoms with Crippen LogP contribution in [0, 0.1) is 0 Å². The molecule has 0 aliphatic carbocycles. The van der Waals surface area contributed by atoms with Crippen molar-refractivity contribution in [2.75, 3.05) is 6.26 Å². The molecule has 0 aromatic heterocycles. The molecule has 5 nitrogen and oxygen atoms in total. The zero-order chi connectivity index (χ0) is 19.8. The van der Waals surface area contributed by atoms with Gasteiger partial charge in [-0.2, -0.15) is 13.2 Å². The first-order valence-electron chi connectivity index (χ1n) is 7.01. The number of hydrogen-bond donors (Lipinski definition) is 2. The lowest BCUT2D eigenvalue weighted by Crippen LogP contribution is -2.50. The van der Waals surface area contributed by atoms with Gasteiger partial charge in [0.25, 0.3) is 0 Å². The second-order valence-corrected chi connectivity index (χ2v) is 8.99. The van der Waals surface area contributed by atoms with E-state index in [9.17, 15) is 31.5 Å². The number of aliphatic hydroxyl groups is 1. The van der Waals surface area contributed by atoms with Crippen molar-refractivity contribution in [1.29, 1.82) is 0 Å². The number of aliphatic carboxylic acids is 1. The Morgan fingerprint density at radius 3 is 2.16 bits per heavy atom. The molecule has 1 aromatic carbocycles. The first-order chi connectivity index (χ1) is 11.0. The van der Waals surface area contributed by atoms with Gasteiger partial charge in [0.1, 0.15) is 0 Å². The maximum atomic E-state index is 13.3. The highest BCUT2D eigenvalue weighted by Crippen LogP contribution is 2.44. The average Bonchev–Trinajstić information content (AvgIpc) is 2.33. The fourth-order valence-corrected chi connectivity index (χ4v) is 4.02. The number of halogens is 4. The van der Waals surface area contributed by atoms with E-state index in [0.29, 0.717) is 0 Å². The normalized spacial score (nSPS) is 15.7. The number of alkyl halides is 3. The zero-order valence-electron chi connectivity index (χ0n) is 13.7. The maximum absolute atomic E-state index is 13.3. The van der Waals surface area contributed by atoms with Crippen LogP contribution in [0.15, 0.2) is 23.1 Å². The third kappa shape index (κ3) is 5.08. The minimum absolute atomic E-state index is 0.00691. The first-order valence-corrected chi connectivity index (χ1v) is 9.27. The molecule has 0 saturated carbocycles. The van der Waals surface area contributed by atoms with Gasteiger partial charge >= 0.3 is 12.1 Å². The Kier molecular flexibility index (Phi) is 5.88. The smallest absolute Gasteiger partial charge is 0.417 e. The molecule has 0 saturated heterocycles. The summed E-state index contributed by atoms with van der Waals surface area (Å²) in [6.07, 6.45) is -6.92. The number of carboxylic acid groups (broad SMARTS) is 1. The standard InChI is InChI=1S/C15H18ClF3O5S/c1-13(2,8-14(22,7-12(20)21)15(17,18)19)10-5-4-9(16)6-11(10)25(3,23)24/h4-6,22H,7-8H2,1-3H3,(H,20,21)/t14-/m0/s1. The summed E-state index contributed by atoms with van der Waals surface area (Å²) in [6.45, 7) is 2.59. The van der Waals surface area contributed by atoms with Crippen LogP contribution in [0.2, 0.25) is 5.02 Å². The average molecular weight is 403 g/mol. The molecule has 0 radical (unpaired) electrons. The summed E-state index contributed by atoms with van der Waals surface area (Å²) in [4.78, 5) is 10.5. The van der Waals surface area contributed by atoms with Crippen LogP contribution in [0.1, 0.15) is 32.3 Å². The van der Waals surface area contributed by atoms with Crippen molar-refractivity contribution in [3.63, 3.8) is 0 Å². The van der Waals surface area contributed by atoms with Crippen LogP contribution in [0.4, 0.5) is 13.2 Å². The molecule has 1 aromatic rings. The minimum atomic E-state index is -5.21. The SMILES string of the molecule is CC(C)(C[C@@](O)(CC(=O)O)C(F)(F)F)c1ccc(Cl)cc1S(C)(=O)=O. The second-order valence-electron chi connectivity index (χ2n) is 6.57. The van der Waals surface area contributed by atoms with Gasteiger partial charge < -0.3 is 10.2 Å². The monoisotopic (exact) mass is 402 g/mol. The van der Waals surface area contributed by atoms with Crippen LogP contribution in [-0.2, 0) is 20.0 Å². The van der Waals surface area contributed by atoms with E-state index < -0.39 is 45.8 Å². The molecule has 0 bridgehead atoms.